The Morgan fingerprint density at radius 2 is 1.65 bits per heavy atom. The maximum atomic E-state index is 12.3. The Hall–Kier alpha value is -1.89. The molecule has 0 heterocycles. The molecule has 1 saturated carbocycles. The number of nitrogens with one attached hydrogen (secondary N) is 1. The van der Waals surface area contributed by atoms with Gasteiger partial charge in [-0.2, -0.15) is 0 Å². The van der Waals surface area contributed by atoms with E-state index >= 15 is 0 Å². The number of rotatable bonds is 5. The van der Waals surface area contributed by atoms with E-state index in [0.717, 1.165) is 12.8 Å². The fourth-order valence-corrected chi connectivity index (χ4v) is 3.79. The van der Waals surface area contributed by atoms with Crippen LogP contribution in [0.5, 0.6) is 0 Å². The van der Waals surface area contributed by atoms with E-state index < -0.39 is 32.5 Å². The fourth-order valence-electron chi connectivity index (χ4n) is 2.73. The van der Waals surface area contributed by atoms with Crippen molar-refractivity contribution >= 4 is 21.7 Å². The second-order valence-electron chi connectivity index (χ2n) is 6.17. The minimum Gasteiger partial charge on any atom is -0.480 e. The van der Waals surface area contributed by atoms with Crippen LogP contribution in [0.15, 0.2) is 29.2 Å². The molecule has 1 aromatic carbocycles. The maximum absolute atomic E-state index is 12.3. The second-order valence-corrected chi connectivity index (χ2v) is 8.67. The van der Waals surface area contributed by atoms with E-state index in [0.29, 0.717) is 12.8 Å². The van der Waals surface area contributed by atoms with Gasteiger partial charge < -0.3 is 10.4 Å². The lowest BCUT2D eigenvalue weighted by Crippen LogP contribution is -2.52. The molecule has 0 saturated heterocycles. The van der Waals surface area contributed by atoms with Crippen molar-refractivity contribution < 1.29 is 23.1 Å². The van der Waals surface area contributed by atoms with Gasteiger partial charge in [0.1, 0.15) is 5.54 Å². The zero-order valence-electron chi connectivity index (χ0n) is 13.2. The first-order valence-electron chi connectivity index (χ1n) is 7.59. The normalized spacial score (nSPS) is 17.2. The van der Waals surface area contributed by atoms with Crippen LogP contribution >= 0.6 is 0 Å². The highest BCUT2D eigenvalue weighted by atomic mass is 32.2. The molecule has 0 radical (unpaired) electrons. The molecule has 6 nitrogen and oxygen atoms in total. The molecule has 0 bridgehead atoms. The van der Waals surface area contributed by atoms with Crippen molar-refractivity contribution in [3.8, 4) is 0 Å². The van der Waals surface area contributed by atoms with Gasteiger partial charge in [-0.3, -0.25) is 4.79 Å². The number of hydrogen-bond donors (Lipinski definition) is 2. The molecule has 1 aliphatic rings. The number of carbonyl (C=O) groups is 2. The highest BCUT2D eigenvalue weighted by molar-refractivity contribution is 7.92. The minimum atomic E-state index is -3.39. The van der Waals surface area contributed by atoms with E-state index in [1.165, 1.54) is 24.3 Å². The van der Waals surface area contributed by atoms with Gasteiger partial charge in [-0.05, 0) is 51.0 Å². The third kappa shape index (κ3) is 3.39. The van der Waals surface area contributed by atoms with Crippen LogP contribution in [0, 0.1) is 0 Å². The van der Waals surface area contributed by atoms with Crippen molar-refractivity contribution in [3.05, 3.63) is 29.8 Å². The predicted octanol–water partition coefficient (Wildman–Crippen LogP) is 2.00. The first kappa shape index (κ1) is 17.5. The molecule has 0 unspecified atom stereocenters. The molecule has 1 fully saturated rings. The van der Waals surface area contributed by atoms with Crippen molar-refractivity contribution in [1.82, 2.24) is 5.32 Å². The minimum absolute atomic E-state index is 0.151. The third-order valence-electron chi connectivity index (χ3n) is 4.28. The summed E-state index contributed by atoms with van der Waals surface area (Å²) >= 11 is 0. The van der Waals surface area contributed by atoms with E-state index in [1.807, 2.05) is 0 Å². The van der Waals surface area contributed by atoms with E-state index in [9.17, 15) is 23.1 Å². The van der Waals surface area contributed by atoms with Crippen molar-refractivity contribution in [2.45, 2.75) is 55.2 Å². The Balaban J connectivity index is 2.20. The summed E-state index contributed by atoms with van der Waals surface area (Å²) in [6, 6.07) is 5.59. The van der Waals surface area contributed by atoms with Gasteiger partial charge in [0.25, 0.3) is 5.91 Å². The smallest absolute Gasteiger partial charge is 0.329 e. The van der Waals surface area contributed by atoms with E-state index in [4.69, 9.17) is 0 Å². The Morgan fingerprint density at radius 3 is 2.09 bits per heavy atom. The van der Waals surface area contributed by atoms with Crippen LogP contribution in [-0.4, -0.2) is 36.2 Å². The molecule has 7 heteroatoms. The number of carboxylic acid groups (broad SMARTS) is 1. The summed E-state index contributed by atoms with van der Waals surface area (Å²) in [4.78, 5) is 23.9. The quantitative estimate of drug-likeness (QED) is 0.854. The third-order valence-corrected chi connectivity index (χ3v) is 6.46. The Kier molecular flexibility index (Phi) is 4.79. The van der Waals surface area contributed by atoms with Gasteiger partial charge in [0, 0.05) is 5.56 Å². The average molecular weight is 339 g/mol. The van der Waals surface area contributed by atoms with Crippen LogP contribution in [0.3, 0.4) is 0 Å². The van der Waals surface area contributed by atoms with Crippen molar-refractivity contribution in [2.24, 2.45) is 0 Å². The summed E-state index contributed by atoms with van der Waals surface area (Å²) in [5.41, 5.74) is -0.958. The first-order chi connectivity index (χ1) is 10.7. The van der Waals surface area contributed by atoms with Gasteiger partial charge >= 0.3 is 5.97 Å². The topological polar surface area (TPSA) is 101 Å². The Morgan fingerprint density at radius 1 is 1.13 bits per heavy atom. The van der Waals surface area contributed by atoms with E-state index in [1.54, 1.807) is 13.8 Å². The SMILES string of the molecule is CC(C)S(=O)(=O)c1ccc(C(=O)NC2(C(=O)O)CCCC2)cc1. The predicted molar refractivity (Wildman–Crippen MR) is 85.1 cm³/mol. The van der Waals surface area contributed by atoms with Gasteiger partial charge in [0.05, 0.1) is 10.1 Å². The fraction of sp³-hybridized carbons (Fsp3) is 0.500. The molecule has 23 heavy (non-hydrogen) atoms. The van der Waals surface area contributed by atoms with Gasteiger partial charge in [0.15, 0.2) is 9.84 Å². The summed E-state index contributed by atoms with van der Waals surface area (Å²) in [6.07, 6.45) is 2.35. The number of benzene rings is 1. The second kappa shape index (κ2) is 6.31. The van der Waals surface area contributed by atoms with Crippen molar-refractivity contribution in [3.63, 3.8) is 0 Å². The van der Waals surface area contributed by atoms with Crippen LogP contribution < -0.4 is 5.32 Å². The number of hydrogen-bond acceptors (Lipinski definition) is 4. The van der Waals surface area contributed by atoms with Gasteiger partial charge in [0.2, 0.25) is 0 Å². The molecule has 0 atom stereocenters. The number of sulfone groups is 1. The zero-order valence-corrected chi connectivity index (χ0v) is 14.0. The summed E-state index contributed by atoms with van der Waals surface area (Å²) < 4.78 is 24.1. The summed E-state index contributed by atoms with van der Waals surface area (Å²) in [7, 11) is -3.39. The molecule has 0 aliphatic heterocycles. The molecule has 126 valence electrons. The molecule has 0 aromatic heterocycles. The molecular weight excluding hydrogens is 318 g/mol. The van der Waals surface area contributed by atoms with Crippen molar-refractivity contribution in [1.29, 1.82) is 0 Å². The maximum Gasteiger partial charge on any atom is 0.329 e. The average Bonchev–Trinajstić information content (AvgIpc) is 2.97. The van der Waals surface area contributed by atoms with E-state index in [2.05, 4.69) is 5.32 Å². The lowest BCUT2D eigenvalue weighted by molar-refractivity contribution is -0.144. The van der Waals surface area contributed by atoms with Crippen LogP contribution in [0.1, 0.15) is 49.9 Å². The highest BCUT2D eigenvalue weighted by Gasteiger charge is 2.42. The lowest BCUT2D eigenvalue weighted by Gasteiger charge is -2.25. The van der Waals surface area contributed by atoms with Gasteiger partial charge in [-0.15, -0.1) is 0 Å². The number of aliphatic carboxylic acids is 1. The zero-order chi connectivity index (χ0) is 17.3. The van der Waals surface area contributed by atoms with Gasteiger partial charge in [-0.25, -0.2) is 13.2 Å². The molecule has 2 N–H and O–H groups in total. The Bertz CT molecular complexity index is 700. The number of amides is 1. The molecule has 1 aromatic rings. The molecule has 1 aliphatic carbocycles. The summed E-state index contributed by atoms with van der Waals surface area (Å²) in [5.74, 6) is -1.52. The largest absolute Gasteiger partial charge is 0.480 e. The number of carboxylic acids is 1. The molecule has 1 amide bonds. The highest BCUT2D eigenvalue weighted by Crippen LogP contribution is 2.30. The molecular formula is C16H21NO5S. The summed E-state index contributed by atoms with van der Waals surface area (Å²) in [5, 5.41) is 11.4. The van der Waals surface area contributed by atoms with Gasteiger partial charge in [-0.1, -0.05) is 12.8 Å². The standard InChI is InChI=1S/C16H21NO5S/c1-11(2)23(21,22)13-7-5-12(6-8-13)14(18)17-16(15(19)20)9-3-4-10-16/h5-8,11H,3-4,9-10H2,1-2H3,(H,17,18)(H,19,20). The van der Waals surface area contributed by atoms with Crippen LogP contribution in [-0.2, 0) is 14.6 Å². The van der Waals surface area contributed by atoms with Crippen LogP contribution in [0.4, 0.5) is 0 Å². The van der Waals surface area contributed by atoms with E-state index in [-0.39, 0.29) is 10.5 Å². The molecule has 2 rings (SSSR count). The van der Waals surface area contributed by atoms with Crippen LogP contribution in [0.2, 0.25) is 0 Å². The van der Waals surface area contributed by atoms with Crippen LogP contribution in [0.25, 0.3) is 0 Å². The Labute approximate surface area is 135 Å². The number of carbonyl (C=O) groups excluding carboxylic acids is 1. The summed E-state index contributed by atoms with van der Waals surface area (Å²) in [6.45, 7) is 3.18. The molecule has 0 spiro atoms. The first-order valence-corrected chi connectivity index (χ1v) is 9.13. The monoisotopic (exact) mass is 339 g/mol. The lowest BCUT2D eigenvalue weighted by atomic mass is 9.97. The van der Waals surface area contributed by atoms with Crippen molar-refractivity contribution in [2.75, 3.05) is 0 Å².